The smallest absolute Gasteiger partial charge is 0.337 e. The number of phenolic OH excluding ortho intramolecular Hbond substituents is 1. The third-order valence-corrected chi connectivity index (χ3v) is 3.27. The van der Waals surface area contributed by atoms with Crippen molar-refractivity contribution in [2.45, 2.75) is 0 Å². The Morgan fingerprint density at radius 3 is 2.30 bits per heavy atom. The van der Waals surface area contributed by atoms with Gasteiger partial charge in [-0.2, -0.15) is 0 Å². The molecule has 0 heterocycles. The Hall–Kier alpha value is -2.34. The molecule has 0 saturated heterocycles. The second-order valence-corrected chi connectivity index (χ2v) is 4.82. The van der Waals surface area contributed by atoms with Gasteiger partial charge in [0.15, 0.2) is 0 Å². The lowest BCUT2D eigenvalue weighted by Crippen LogP contribution is -2.15. The van der Waals surface area contributed by atoms with Crippen molar-refractivity contribution in [1.29, 1.82) is 0 Å². The molecule has 1 amide bonds. The first-order valence-corrected chi connectivity index (χ1v) is 6.40. The Morgan fingerprint density at radius 1 is 1.05 bits per heavy atom. The largest absolute Gasteiger partial charge is 0.508 e. The molecule has 0 radical (unpaired) electrons. The summed E-state index contributed by atoms with van der Waals surface area (Å²) < 4.78 is 0.476. The number of carbonyl (C=O) groups is 2. The van der Waals surface area contributed by atoms with E-state index in [0.717, 1.165) is 0 Å². The number of carboxylic acids is 1. The molecule has 0 aliphatic rings. The van der Waals surface area contributed by atoms with Crippen LogP contribution in [0, 0.1) is 0 Å². The standard InChI is InChI=1S/C14H10BrNO4/c15-11-3-1-2-10(14(19)20)12(11)16-13(18)8-4-6-9(17)7-5-8/h1-7,17H,(H,16,18)(H,19,20). The molecule has 0 saturated carbocycles. The topological polar surface area (TPSA) is 86.6 Å². The van der Waals surface area contributed by atoms with E-state index < -0.39 is 11.9 Å². The van der Waals surface area contributed by atoms with Crippen LogP contribution < -0.4 is 5.32 Å². The first-order chi connectivity index (χ1) is 9.49. The van der Waals surface area contributed by atoms with Gasteiger partial charge in [0, 0.05) is 10.0 Å². The molecule has 0 aliphatic heterocycles. The normalized spacial score (nSPS) is 10.1. The van der Waals surface area contributed by atoms with Crippen molar-refractivity contribution < 1.29 is 19.8 Å². The van der Waals surface area contributed by atoms with Crippen LogP contribution in [0.3, 0.4) is 0 Å². The molecule has 2 aromatic carbocycles. The lowest BCUT2D eigenvalue weighted by Gasteiger charge is -2.10. The number of phenols is 1. The maximum absolute atomic E-state index is 12.0. The second kappa shape index (κ2) is 5.75. The summed E-state index contributed by atoms with van der Waals surface area (Å²) >= 11 is 3.21. The zero-order chi connectivity index (χ0) is 14.7. The van der Waals surface area contributed by atoms with Gasteiger partial charge in [0.2, 0.25) is 0 Å². The number of para-hydroxylation sites is 1. The number of carbonyl (C=O) groups excluding carboxylic acids is 1. The highest BCUT2D eigenvalue weighted by atomic mass is 79.9. The summed E-state index contributed by atoms with van der Waals surface area (Å²) in [6.45, 7) is 0. The molecule has 5 nitrogen and oxygen atoms in total. The van der Waals surface area contributed by atoms with Crippen molar-refractivity contribution in [1.82, 2.24) is 0 Å². The van der Waals surface area contributed by atoms with Gasteiger partial charge in [-0.3, -0.25) is 4.79 Å². The quantitative estimate of drug-likeness (QED) is 0.804. The average molecular weight is 336 g/mol. The van der Waals surface area contributed by atoms with E-state index in [2.05, 4.69) is 21.2 Å². The van der Waals surface area contributed by atoms with E-state index in [4.69, 9.17) is 5.11 Å². The molecule has 0 fully saturated rings. The highest BCUT2D eigenvalue weighted by Crippen LogP contribution is 2.27. The molecule has 0 spiro atoms. The summed E-state index contributed by atoms with van der Waals surface area (Å²) in [6.07, 6.45) is 0. The SMILES string of the molecule is O=C(Nc1c(Br)cccc1C(=O)O)c1ccc(O)cc1. The minimum Gasteiger partial charge on any atom is -0.508 e. The van der Waals surface area contributed by atoms with E-state index in [1.54, 1.807) is 12.1 Å². The zero-order valence-electron chi connectivity index (χ0n) is 10.1. The molecule has 2 rings (SSSR count). The highest BCUT2D eigenvalue weighted by Gasteiger charge is 2.16. The number of hydrogen-bond donors (Lipinski definition) is 3. The third kappa shape index (κ3) is 2.97. The highest BCUT2D eigenvalue weighted by molar-refractivity contribution is 9.10. The summed E-state index contributed by atoms with van der Waals surface area (Å²) in [5, 5.41) is 20.8. The van der Waals surface area contributed by atoms with E-state index >= 15 is 0 Å². The van der Waals surface area contributed by atoms with Crippen LogP contribution in [0.5, 0.6) is 5.75 Å². The van der Waals surface area contributed by atoms with Crippen molar-refractivity contribution in [3.63, 3.8) is 0 Å². The van der Waals surface area contributed by atoms with E-state index in [9.17, 15) is 14.7 Å². The van der Waals surface area contributed by atoms with Crippen LogP contribution in [0.15, 0.2) is 46.9 Å². The molecule has 0 bridgehead atoms. The number of aromatic hydroxyl groups is 1. The molecule has 6 heteroatoms. The van der Waals surface area contributed by atoms with Gasteiger partial charge in [-0.15, -0.1) is 0 Å². The maximum Gasteiger partial charge on any atom is 0.337 e. The van der Waals surface area contributed by atoms with Gasteiger partial charge < -0.3 is 15.5 Å². The van der Waals surface area contributed by atoms with Gasteiger partial charge in [0.25, 0.3) is 5.91 Å². The zero-order valence-corrected chi connectivity index (χ0v) is 11.7. The Morgan fingerprint density at radius 2 is 1.70 bits per heavy atom. The first-order valence-electron chi connectivity index (χ1n) is 5.61. The van der Waals surface area contributed by atoms with Crippen molar-refractivity contribution >= 4 is 33.5 Å². The molecule has 3 N–H and O–H groups in total. The molecule has 0 aliphatic carbocycles. The molecule has 102 valence electrons. The lowest BCUT2D eigenvalue weighted by atomic mass is 10.1. The molecular weight excluding hydrogens is 326 g/mol. The minimum atomic E-state index is -1.13. The van der Waals surface area contributed by atoms with E-state index in [1.165, 1.54) is 30.3 Å². The Balaban J connectivity index is 2.32. The number of hydrogen-bond acceptors (Lipinski definition) is 3. The van der Waals surface area contributed by atoms with Crippen molar-refractivity contribution in [2.24, 2.45) is 0 Å². The monoisotopic (exact) mass is 335 g/mol. The van der Waals surface area contributed by atoms with Gasteiger partial charge in [-0.05, 0) is 52.3 Å². The molecule has 0 aromatic heterocycles. The van der Waals surface area contributed by atoms with E-state index in [-0.39, 0.29) is 17.0 Å². The number of carboxylic acid groups (broad SMARTS) is 1. The van der Waals surface area contributed by atoms with Crippen LogP contribution in [0.2, 0.25) is 0 Å². The van der Waals surface area contributed by atoms with Crippen molar-refractivity contribution in [3.8, 4) is 5.75 Å². The summed E-state index contributed by atoms with van der Waals surface area (Å²) in [5.41, 5.74) is 0.500. The minimum absolute atomic E-state index is 0.00787. The van der Waals surface area contributed by atoms with Crippen LogP contribution >= 0.6 is 15.9 Å². The van der Waals surface area contributed by atoms with Crippen molar-refractivity contribution in [3.05, 3.63) is 58.1 Å². The molecule has 0 unspecified atom stereocenters. The molecule has 2 aromatic rings. The first kappa shape index (κ1) is 14.1. The molecule has 0 atom stereocenters. The fourth-order valence-corrected chi connectivity index (χ4v) is 2.09. The number of aromatic carboxylic acids is 1. The summed E-state index contributed by atoms with van der Waals surface area (Å²) in [5.74, 6) is -1.54. The van der Waals surface area contributed by atoms with Gasteiger partial charge in [0.1, 0.15) is 5.75 Å². The lowest BCUT2D eigenvalue weighted by molar-refractivity contribution is 0.0698. The van der Waals surface area contributed by atoms with Crippen LogP contribution in [0.4, 0.5) is 5.69 Å². The van der Waals surface area contributed by atoms with E-state index in [1.807, 2.05) is 0 Å². The maximum atomic E-state index is 12.0. The van der Waals surface area contributed by atoms with Crippen molar-refractivity contribution in [2.75, 3.05) is 5.32 Å². The van der Waals surface area contributed by atoms with Gasteiger partial charge >= 0.3 is 5.97 Å². The van der Waals surface area contributed by atoms with Gasteiger partial charge in [-0.1, -0.05) is 6.07 Å². The van der Waals surface area contributed by atoms with Crippen LogP contribution in [-0.4, -0.2) is 22.1 Å². The third-order valence-electron chi connectivity index (χ3n) is 2.61. The summed E-state index contributed by atoms with van der Waals surface area (Å²) in [7, 11) is 0. The van der Waals surface area contributed by atoms with E-state index in [0.29, 0.717) is 10.0 Å². The number of benzene rings is 2. The Kier molecular flexibility index (Phi) is 4.05. The number of anilines is 1. The average Bonchev–Trinajstić information content (AvgIpc) is 2.41. The predicted octanol–water partition coefficient (Wildman–Crippen LogP) is 3.11. The number of halogens is 1. The summed E-state index contributed by atoms with van der Waals surface area (Å²) in [6, 6.07) is 10.3. The second-order valence-electron chi connectivity index (χ2n) is 3.97. The Bertz CT molecular complexity index is 667. The fourth-order valence-electron chi connectivity index (χ4n) is 1.63. The predicted molar refractivity (Wildman–Crippen MR) is 77.2 cm³/mol. The van der Waals surface area contributed by atoms with Crippen LogP contribution in [-0.2, 0) is 0 Å². The van der Waals surface area contributed by atoms with Crippen LogP contribution in [0.25, 0.3) is 0 Å². The number of rotatable bonds is 3. The molecule has 20 heavy (non-hydrogen) atoms. The Labute approximate surface area is 123 Å². The fraction of sp³-hybridized carbons (Fsp3) is 0. The van der Waals surface area contributed by atoms with Gasteiger partial charge in [0.05, 0.1) is 11.3 Å². The summed E-state index contributed by atoms with van der Waals surface area (Å²) in [4.78, 5) is 23.2. The van der Waals surface area contributed by atoms with Gasteiger partial charge in [-0.25, -0.2) is 4.79 Å². The van der Waals surface area contributed by atoms with Crippen LogP contribution in [0.1, 0.15) is 20.7 Å². The number of nitrogens with one attached hydrogen (secondary N) is 1. The molecular formula is C14H10BrNO4. The number of amides is 1.